The lowest BCUT2D eigenvalue weighted by Gasteiger charge is -2.17. The Morgan fingerprint density at radius 2 is 1.46 bits per heavy atom. The van der Waals surface area contributed by atoms with Gasteiger partial charge in [-0.15, -0.1) is 0 Å². The minimum atomic E-state index is -0.161. The molecule has 130 valence electrons. The van der Waals surface area contributed by atoms with E-state index in [4.69, 9.17) is 4.74 Å². The molecule has 1 heterocycles. The van der Waals surface area contributed by atoms with Crippen molar-refractivity contribution in [2.45, 2.75) is 13.0 Å². The summed E-state index contributed by atoms with van der Waals surface area (Å²) in [4.78, 5) is 27.0. The minimum Gasteiger partial charge on any atom is -0.489 e. The van der Waals surface area contributed by atoms with Crippen molar-refractivity contribution in [2.24, 2.45) is 23.7 Å². The first-order valence-corrected chi connectivity index (χ1v) is 9.05. The van der Waals surface area contributed by atoms with Crippen molar-refractivity contribution in [3.05, 3.63) is 72.3 Å². The normalized spacial score (nSPS) is 28.7. The van der Waals surface area contributed by atoms with Gasteiger partial charge in [0.25, 0.3) is 0 Å². The van der Waals surface area contributed by atoms with Gasteiger partial charge in [-0.25, -0.2) is 0 Å². The van der Waals surface area contributed by atoms with E-state index >= 15 is 0 Å². The van der Waals surface area contributed by atoms with Crippen LogP contribution >= 0.6 is 0 Å². The van der Waals surface area contributed by atoms with Gasteiger partial charge in [-0.05, 0) is 48.1 Å². The Kier molecular flexibility index (Phi) is 3.45. The van der Waals surface area contributed by atoms with Gasteiger partial charge in [0.1, 0.15) is 12.4 Å². The molecule has 0 radical (unpaired) electrons. The Morgan fingerprint density at radius 3 is 2.08 bits per heavy atom. The van der Waals surface area contributed by atoms with Gasteiger partial charge >= 0.3 is 0 Å². The molecular weight excluding hydrogens is 326 g/mol. The van der Waals surface area contributed by atoms with E-state index in [2.05, 4.69) is 12.2 Å². The smallest absolute Gasteiger partial charge is 0.238 e. The monoisotopic (exact) mass is 345 g/mol. The second kappa shape index (κ2) is 5.84. The van der Waals surface area contributed by atoms with E-state index in [-0.39, 0.29) is 35.5 Å². The maximum atomic E-state index is 12.8. The van der Waals surface area contributed by atoms with Gasteiger partial charge in [0, 0.05) is 0 Å². The molecule has 2 aromatic carbocycles. The lowest BCUT2D eigenvalue weighted by Crippen LogP contribution is -2.32. The van der Waals surface area contributed by atoms with E-state index in [0.717, 1.165) is 17.7 Å². The summed E-state index contributed by atoms with van der Waals surface area (Å²) in [5, 5.41) is 0. The zero-order chi connectivity index (χ0) is 17.7. The van der Waals surface area contributed by atoms with Gasteiger partial charge in [0.15, 0.2) is 0 Å². The highest BCUT2D eigenvalue weighted by Crippen LogP contribution is 2.53. The summed E-state index contributed by atoms with van der Waals surface area (Å²) >= 11 is 0. The van der Waals surface area contributed by atoms with Crippen LogP contribution in [0.5, 0.6) is 5.75 Å². The van der Waals surface area contributed by atoms with Crippen LogP contribution in [0.3, 0.4) is 0 Å². The van der Waals surface area contributed by atoms with Crippen LogP contribution in [0.25, 0.3) is 0 Å². The number of benzene rings is 2. The number of hydrogen-bond donors (Lipinski definition) is 0. The molecule has 0 N–H and O–H groups in total. The number of anilines is 1. The van der Waals surface area contributed by atoms with Gasteiger partial charge in [-0.2, -0.15) is 0 Å². The van der Waals surface area contributed by atoms with Crippen molar-refractivity contribution in [1.82, 2.24) is 0 Å². The van der Waals surface area contributed by atoms with Crippen LogP contribution in [0, 0.1) is 23.7 Å². The second-order valence-corrected chi connectivity index (χ2v) is 7.28. The van der Waals surface area contributed by atoms with Crippen molar-refractivity contribution in [2.75, 3.05) is 4.90 Å². The van der Waals surface area contributed by atoms with Gasteiger partial charge in [0.05, 0.1) is 17.5 Å². The van der Waals surface area contributed by atoms with Crippen LogP contribution in [0.15, 0.2) is 66.7 Å². The van der Waals surface area contributed by atoms with Crippen molar-refractivity contribution < 1.29 is 14.3 Å². The van der Waals surface area contributed by atoms with Crippen LogP contribution in [0.1, 0.15) is 12.0 Å². The predicted octanol–water partition coefficient (Wildman–Crippen LogP) is 3.58. The Labute approximate surface area is 152 Å². The zero-order valence-corrected chi connectivity index (χ0v) is 14.2. The number of nitrogens with zero attached hydrogens (tertiary/aromatic N) is 1. The summed E-state index contributed by atoms with van der Waals surface area (Å²) in [6.45, 7) is 0.487. The Hall–Kier alpha value is -2.88. The van der Waals surface area contributed by atoms with Gasteiger partial charge in [-0.3, -0.25) is 14.5 Å². The van der Waals surface area contributed by atoms with E-state index < -0.39 is 0 Å². The average Bonchev–Trinajstić information content (AvgIpc) is 3.35. The fourth-order valence-corrected chi connectivity index (χ4v) is 4.59. The van der Waals surface area contributed by atoms with E-state index in [1.807, 2.05) is 42.5 Å². The molecule has 0 unspecified atom stereocenters. The molecule has 1 aliphatic heterocycles. The summed E-state index contributed by atoms with van der Waals surface area (Å²) in [6.07, 6.45) is 5.18. The Balaban J connectivity index is 1.32. The van der Waals surface area contributed by atoms with E-state index in [1.54, 1.807) is 12.1 Å². The first-order chi connectivity index (χ1) is 12.7. The van der Waals surface area contributed by atoms with Crippen molar-refractivity contribution in [1.29, 1.82) is 0 Å². The standard InChI is InChI=1S/C22H19NO3/c24-21-19-15-6-7-16(12-15)20(19)22(25)23(21)17-8-10-18(11-9-17)26-13-14-4-2-1-3-5-14/h1-11,15-16,19-20H,12-13H2/t15-,16+,19+,20-. The molecule has 4 atom stereocenters. The molecular formula is C22H19NO3. The number of allylic oxidation sites excluding steroid dienone is 2. The van der Waals surface area contributed by atoms with Gasteiger partial charge in [-0.1, -0.05) is 42.5 Å². The molecule has 0 aromatic heterocycles. The van der Waals surface area contributed by atoms with Crippen molar-refractivity contribution in [3.8, 4) is 5.75 Å². The number of carbonyl (C=O) groups is 2. The van der Waals surface area contributed by atoms with E-state index in [9.17, 15) is 9.59 Å². The summed E-state index contributed by atoms with van der Waals surface area (Å²) in [5.74, 6) is 0.779. The highest BCUT2D eigenvalue weighted by atomic mass is 16.5. The second-order valence-electron chi connectivity index (χ2n) is 7.28. The van der Waals surface area contributed by atoms with Crippen molar-refractivity contribution in [3.63, 3.8) is 0 Å². The highest BCUT2D eigenvalue weighted by molar-refractivity contribution is 6.22. The minimum absolute atomic E-state index is 0.0465. The topological polar surface area (TPSA) is 46.6 Å². The van der Waals surface area contributed by atoms with Crippen LogP contribution < -0.4 is 9.64 Å². The van der Waals surface area contributed by atoms with Gasteiger partial charge in [0.2, 0.25) is 11.8 Å². The maximum Gasteiger partial charge on any atom is 0.238 e. The number of imide groups is 1. The molecule has 2 fully saturated rings. The zero-order valence-electron chi connectivity index (χ0n) is 14.2. The first kappa shape index (κ1) is 15.4. The average molecular weight is 345 g/mol. The summed E-state index contributed by atoms with van der Waals surface area (Å²) < 4.78 is 5.78. The van der Waals surface area contributed by atoms with Crippen LogP contribution in [-0.2, 0) is 16.2 Å². The highest BCUT2D eigenvalue weighted by Gasteiger charge is 2.59. The van der Waals surface area contributed by atoms with E-state index in [1.165, 1.54) is 4.90 Å². The molecule has 1 saturated heterocycles. The van der Waals surface area contributed by atoms with Crippen LogP contribution in [-0.4, -0.2) is 11.8 Å². The molecule has 2 aliphatic carbocycles. The third-order valence-electron chi connectivity index (χ3n) is 5.81. The lowest BCUT2D eigenvalue weighted by atomic mass is 9.85. The molecule has 2 aromatic rings. The largest absolute Gasteiger partial charge is 0.489 e. The quantitative estimate of drug-likeness (QED) is 0.629. The number of ether oxygens (including phenoxy) is 1. The fraction of sp³-hybridized carbons (Fsp3) is 0.273. The summed E-state index contributed by atoms with van der Waals surface area (Å²) in [7, 11) is 0. The number of amides is 2. The van der Waals surface area contributed by atoms with E-state index in [0.29, 0.717) is 12.3 Å². The molecule has 2 amide bonds. The maximum absolute atomic E-state index is 12.8. The Morgan fingerprint density at radius 1 is 0.846 bits per heavy atom. The SMILES string of the molecule is O=C1[C@@H]2[C@H](C(=O)N1c1ccc(OCc3ccccc3)cc1)[C@H]1C=C[C@@H]2C1. The molecule has 4 heteroatoms. The fourth-order valence-electron chi connectivity index (χ4n) is 4.59. The number of hydrogen-bond acceptors (Lipinski definition) is 3. The lowest BCUT2D eigenvalue weighted by molar-refractivity contribution is -0.123. The number of rotatable bonds is 4. The summed E-state index contributed by atoms with van der Waals surface area (Å²) in [5.41, 5.74) is 1.73. The number of carbonyl (C=O) groups excluding carboxylic acids is 2. The third kappa shape index (κ3) is 2.29. The molecule has 5 rings (SSSR count). The predicted molar refractivity (Wildman–Crippen MR) is 97.4 cm³/mol. The molecule has 4 nitrogen and oxygen atoms in total. The first-order valence-electron chi connectivity index (χ1n) is 9.05. The molecule has 0 spiro atoms. The van der Waals surface area contributed by atoms with Crippen molar-refractivity contribution >= 4 is 17.5 Å². The van der Waals surface area contributed by atoms with Crippen LogP contribution in [0.2, 0.25) is 0 Å². The van der Waals surface area contributed by atoms with Crippen LogP contribution in [0.4, 0.5) is 5.69 Å². The molecule has 1 saturated carbocycles. The molecule has 2 bridgehead atoms. The summed E-state index contributed by atoms with van der Waals surface area (Å²) in [6, 6.07) is 17.2. The van der Waals surface area contributed by atoms with Gasteiger partial charge < -0.3 is 4.74 Å². The molecule has 26 heavy (non-hydrogen) atoms. The molecule has 3 aliphatic rings. The third-order valence-corrected chi connectivity index (χ3v) is 5.81. The Bertz CT molecular complexity index is 857. The number of fused-ring (bicyclic) bond motifs is 5.